The highest BCUT2D eigenvalue weighted by molar-refractivity contribution is 6.31. The maximum atomic E-state index is 12.3. The van der Waals surface area contributed by atoms with E-state index in [1.165, 1.54) is 12.1 Å². The van der Waals surface area contributed by atoms with Crippen molar-refractivity contribution >= 4 is 29.2 Å². The molecule has 4 nitrogen and oxygen atoms in total. The number of carbonyl (C=O) groups excluding carboxylic acids is 1. The van der Waals surface area contributed by atoms with Crippen molar-refractivity contribution in [3.05, 3.63) is 64.2 Å². The van der Waals surface area contributed by atoms with Gasteiger partial charge in [-0.3, -0.25) is 4.79 Å². The molecule has 1 atom stereocenters. The molecule has 0 saturated heterocycles. The third-order valence-electron chi connectivity index (χ3n) is 3.54. The Morgan fingerprint density at radius 1 is 1.22 bits per heavy atom. The quantitative estimate of drug-likeness (QED) is 0.864. The van der Waals surface area contributed by atoms with Crippen LogP contribution in [0.4, 0.5) is 5.69 Å². The second-order valence-electron chi connectivity index (χ2n) is 5.58. The molecule has 5 heteroatoms. The van der Waals surface area contributed by atoms with Crippen molar-refractivity contribution in [3.8, 4) is 0 Å². The van der Waals surface area contributed by atoms with Crippen molar-refractivity contribution in [3.63, 3.8) is 0 Å². The lowest BCUT2D eigenvalue weighted by atomic mass is 9.99. The molecule has 0 aromatic heterocycles. The Morgan fingerprint density at radius 2 is 1.96 bits per heavy atom. The number of nitrogens with one attached hydrogen (secondary N) is 1. The van der Waals surface area contributed by atoms with Crippen LogP contribution in [0.5, 0.6) is 0 Å². The van der Waals surface area contributed by atoms with Crippen molar-refractivity contribution in [2.75, 3.05) is 5.32 Å². The van der Waals surface area contributed by atoms with E-state index in [-0.39, 0.29) is 23.1 Å². The molecule has 0 heterocycles. The van der Waals surface area contributed by atoms with Crippen molar-refractivity contribution in [1.82, 2.24) is 0 Å². The van der Waals surface area contributed by atoms with Gasteiger partial charge in [0.15, 0.2) is 0 Å². The molecular formula is C18H18ClNO3. The van der Waals surface area contributed by atoms with E-state index in [1.54, 1.807) is 6.07 Å². The number of amides is 1. The predicted molar refractivity (Wildman–Crippen MR) is 91.1 cm³/mol. The number of carboxylic acid groups (broad SMARTS) is 1. The summed E-state index contributed by atoms with van der Waals surface area (Å²) in [6, 6.07) is 12.3. The molecule has 2 rings (SSSR count). The van der Waals surface area contributed by atoms with E-state index in [9.17, 15) is 14.7 Å². The fraction of sp³-hybridized carbons (Fsp3) is 0.222. The van der Waals surface area contributed by atoms with Gasteiger partial charge in [-0.15, -0.1) is 0 Å². The zero-order valence-electron chi connectivity index (χ0n) is 13.0. The van der Waals surface area contributed by atoms with Crippen LogP contribution in [0.25, 0.3) is 0 Å². The van der Waals surface area contributed by atoms with Crippen LogP contribution in [0, 0.1) is 12.8 Å². The molecule has 0 radical (unpaired) electrons. The highest BCUT2D eigenvalue weighted by Gasteiger charge is 2.17. The predicted octanol–water partition coefficient (Wildman–Crippen LogP) is 4.16. The van der Waals surface area contributed by atoms with Crippen LogP contribution in [0.15, 0.2) is 42.5 Å². The molecule has 0 bridgehead atoms. The molecule has 0 aliphatic heterocycles. The lowest BCUT2D eigenvalue weighted by molar-refractivity contribution is -0.119. The van der Waals surface area contributed by atoms with Crippen LogP contribution in [0.2, 0.25) is 5.02 Å². The maximum Gasteiger partial charge on any atom is 0.337 e. The molecule has 0 saturated carbocycles. The van der Waals surface area contributed by atoms with Crippen LogP contribution >= 0.6 is 11.6 Å². The number of carboxylic acids is 1. The van der Waals surface area contributed by atoms with Crippen LogP contribution in [-0.2, 0) is 11.2 Å². The van der Waals surface area contributed by atoms with Gasteiger partial charge in [-0.05, 0) is 37.1 Å². The Hall–Kier alpha value is -2.33. The molecule has 2 aromatic rings. The van der Waals surface area contributed by atoms with Crippen molar-refractivity contribution in [2.24, 2.45) is 5.92 Å². The summed E-state index contributed by atoms with van der Waals surface area (Å²) in [4.78, 5) is 23.6. The largest absolute Gasteiger partial charge is 0.478 e. The number of benzene rings is 2. The summed E-state index contributed by atoms with van der Waals surface area (Å²) in [5.41, 5.74) is 2.44. The van der Waals surface area contributed by atoms with Crippen LogP contribution in [-0.4, -0.2) is 17.0 Å². The molecule has 0 fully saturated rings. The first kappa shape index (κ1) is 17.0. The lowest BCUT2D eigenvalue weighted by Crippen LogP contribution is -2.23. The number of aryl methyl sites for hydroxylation is 1. The number of hydrogen-bond donors (Lipinski definition) is 2. The second-order valence-corrected chi connectivity index (χ2v) is 6.01. The van der Waals surface area contributed by atoms with E-state index in [4.69, 9.17) is 11.6 Å². The van der Waals surface area contributed by atoms with Gasteiger partial charge < -0.3 is 10.4 Å². The monoisotopic (exact) mass is 331 g/mol. The SMILES string of the molecule is Cc1cccc(CC(C)C(=O)Nc2ccc(Cl)cc2C(=O)O)c1. The highest BCUT2D eigenvalue weighted by atomic mass is 35.5. The Kier molecular flexibility index (Phi) is 5.40. The van der Waals surface area contributed by atoms with E-state index < -0.39 is 5.97 Å². The molecular weight excluding hydrogens is 314 g/mol. The Morgan fingerprint density at radius 3 is 2.61 bits per heavy atom. The number of hydrogen-bond acceptors (Lipinski definition) is 2. The summed E-state index contributed by atoms with van der Waals surface area (Å²) in [6.07, 6.45) is 0.587. The van der Waals surface area contributed by atoms with E-state index in [2.05, 4.69) is 5.32 Å². The number of aromatic carboxylic acids is 1. The lowest BCUT2D eigenvalue weighted by Gasteiger charge is -2.14. The average Bonchev–Trinajstić information content (AvgIpc) is 2.48. The van der Waals surface area contributed by atoms with Gasteiger partial charge in [0.05, 0.1) is 11.3 Å². The number of carbonyl (C=O) groups is 2. The van der Waals surface area contributed by atoms with Crippen molar-refractivity contribution in [2.45, 2.75) is 20.3 Å². The maximum absolute atomic E-state index is 12.3. The van der Waals surface area contributed by atoms with E-state index in [0.29, 0.717) is 11.4 Å². The summed E-state index contributed by atoms with van der Waals surface area (Å²) in [5, 5.41) is 12.2. The summed E-state index contributed by atoms with van der Waals surface area (Å²) in [7, 11) is 0. The minimum Gasteiger partial charge on any atom is -0.478 e. The van der Waals surface area contributed by atoms with Gasteiger partial charge in [-0.2, -0.15) is 0 Å². The molecule has 2 N–H and O–H groups in total. The zero-order valence-corrected chi connectivity index (χ0v) is 13.7. The molecule has 2 aromatic carbocycles. The first-order valence-electron chi connectivity index (χ1n) is 7.26. The molecule has 0 aliphatic carbocycles. The molecule has 1 unspecified atom stereocenters. The number of anilines is 1. The first-order chi connectivity index (χ1) is 10.9. The summed E-state index contributed by atoms with van der Waals surface area (Å²) < 4.78 is 0. The second kappa shape index (κ2) is 7.29. The Labute approximate surface area is 140 Å². The van der Waals surface area contributed by atoms with Crippen LogP contribution in [0.3, 0.4) is 0 Å². The van der Waals surface area contributed by atoms with Gasteiger partial charge in [0.1, 0.15) is 0 Å². The Balaban J connectivity index is 2.11. The summed E-state index contributed by atoms with van der Waals surface area (Å²) in [6.45, 7) is 3.81. The van der Waals surface area contributed by atoms with Gasteiger partial charge >= 0.3 is 5.97 Å². The molecule has 1 amide bonds. The van der Waals surface area contributed by atoms with Crippen LogP contribution in [0.1, 0.15) is 28.4 Å². The van der Waals surface area contributed by atoms with Gasteiger partial charge in [0.2, 0.25) is 5.91 Å². The van der Waals surface area contributed by atoms with Crippen molar-refractivity contribution in [1.29, 1.82) is 0 Å². The minimum atomic E-state index is -1.13. The van der Waals surface area contributed by atoms with Crippen LogP contribution < -0.4 is 5.32 Å². The highest BCUT2D eigenvalue weighted by Crippen LogP contribution is 2.22. The van der Waals surface area contributed by atoms with Gasteiger partial charge in [-0.1, -0.05) is 48.4 Å². The normalized spacial score (nSPS) is 11.8. The van der Waals surface area contributed by atoms with Gasteiger partial charge in [-0.25, -0.2) is 4.79 Å². The topological polar surface area (TPSA) is 66.4 Å². The third-order valence-corrected chi connectivity index (χ3v) is 3.78. The smallest absolute Gasteiger partial charge is 0.337 e. The van der Waals surface area contributed by atoms with Gasteiger partial charge in [0.25, 0.3) is 0 Å². The minimum absolute atomic E-state index is 0.0198. The fourth-order valence-corrected chi connectivity index (χ4v) is 2.52. The zero-order chi connectivity index (χ0) is 17.0. The molecule has 120 valence electrons. The number of rotatable bonds is 5. The Bertz CT molecular complexity index is 743. The van der Waals surface area contributed by atoms with E-state index in [1.807, 2.05) is 38.1 Å². The standard InChI is InChI=1S/C18H18ClNO3/c1-11-4-3-5-13(8-11)9-12(2)17(21)20-16-7-6-14(19)10-15(16)18(22)23/h3-8,10,12H,9H2,1-2H3,(H,20,21)(H,22,23). The molecule has 23 heavy (non-hydrogen) atoms. The molecule has 0 spiro atoms. The first-order valence-corrected chi connectivity index (χ1v) is 7.64. The van der Waals surface area contributed by atoms with Crippen molar-refractivity contribution < 1.29 is 14.7 Å². The fourth-order valence-electron chi connectivity index (χ4n) is 2.34. The van der Waals surface area contributed by atoms with Gasteiger partial charge in [0, 0.05) is 10.9 Å². The summed E-state index contributed by atoms with van der Waals surface area (Å²) >= 11 is 5.81. The van der Waals surface area contributed by atoms with E-state index >= 15 is 0 Å². The summed E-state index contributed by atoms with van der Waals surface area (Å²) in [5.74, 6) is -1.64. The van der Waals surface area contributed by atoms with E-state index in [0.717, 1.165) is 11.1 Å². The average molecular weight is 332 g/mol. The molecule has 0 aliphatic rings. The third kappa shape index (κ3) is 4.57. The number of halogens is 1.